The Labute approximate surface area is 166 Å². The Morgan fingerprint density at radius 3 is 2.46 bits per heavy atom. The van der Waals surface area contributed by atoms with Crippen LogP contribution in [0.2, 0.25) is 0 Å². The summed E-state index contributed by atoms with van der Waals surface area (Å²) < 4.78 is 1.26. The minimum Gasteiger partial charge on any atom is -0.507 e. The van der Waals surface area contributed by atoms with Gasteiger partial charge >= 0.3 is 0 Å². The number of fused-ring (bicyclic) bond motifs is 1. The highest BCUT2D eigenvalue weighted by atomic mass is 32.1. The number of phenolic OH excluding ortho intramolecular Hbond substituents is 1. The van der Waals surface area contributed by atoms with E-state index in [9.17, 15) is 9.90 Å². The first-order valence-electron chi connectivity index (χ1n) is 8.86. The maximum atomic E-state index is 13.1. The largest absolute Gasteiger partial charge is 0.507 e. The van der Waals surface area contributed by atoms with Gasteiger partial charge in [0.05, 0.1) is 11.6 Å². The van der Waals surface area contributed by atoms with Crippen molar-refractivity contribution in [1.29, 1.82) is 0 Å². The van der Waals surface area contributed by atoms with E-state index in [1.807, 2.05) is 63.2 Å². The maximum absolute atomic E-state index is 13.1. The normalized spacial score (nSPS) is 11.5. The average molecular weight is 389 g/mol. The van der Waals surface area contributed by atoms with Crippen molar-refractivity contribution in [2.24, 2.45) is 5.10 Å². The zero-order chi connectivity index (χ0) is 19.8. The van der Waals surface area contributed by atoms with Crippen molar-refractivity contribution >= 4 is 27.8 Å². The summed E-state index contributed by atoms with van der Waals surface area (Å²) in [4.78, 5) is 19.3. The van der Waals surface area contributed by atoms with Gasteiger partial charge in [-0.05, 0) is 55.2 Å². The second-order valence-corrected chi connectivity index (χ2v) is 7.92. The first-order valence-corrected chi connectivity index (χ1v) is 9.68. The van der Waals surface area contributed by atoms with E-state index in [1.54, 1.807) is 6.21 Å². The van der Waals surface area contributed by atoms with E-state index in [2.05, 4.69) is 10.1 Å². The SMILES string of the molecule is Cc1cc(/C=N/n2cnc3sc(C)c(-c4ccccc4)c3c2=O)cc(C)c1O. The molecule has 0 aliphatic rings. The molecule has 4 aromatic rings. The molecule has 1 N–H and O–H groups in total. The van der Waals surface area contributed by atoms with Crippen molar-refractivity contribution in [3.8, 4) is 16.9 Å². The fraction of sp³-hybridized carbons (Fsp3) is 0.136. The number of phenols is 1. The molecule has 140 valence electrons. The van der Waals surface area contributed by atoms with Crippen LogP contribution >= 0.6 is 11.3 Å². The molecule has 0 spiro atoms. The lowest BCUT2D eigenvalue weighted by molar-refractivity contribution is 0.467. The van der Waals surface area contributed by atoms with E-state index < -0.39 is 0 Å². The molecule has 2 heterocycles. The second-order valence-electron chi connectivity index (χ2n) is 6.72. The van der Waals surface area contributed by atoms with Crippen molar-refractivity contribution in [1.82, 2.24) is 9.66 Å². The molecule has 0 aliphatic carbocycles. The van der Waals surface area contributed by atoms with Gasteiger partial charge in [0.15, 0.2) is 0 Å². The van der Waals surface area contributed by atoms with E-state index in [-0.39, 0.29) is 11.3 Å². The fourth-order valence-electron chi connectivity index (χ4n) is 3.32. The first kappa shape index (κ1) is 18.1. The van der Waals surface area contributed by atoms with Gasteiger partial charge in [-0.25, -0.2) is 4.98 Å². The average Bonchev–Trinajstić information content (AvgIpc) is 3.03. The lowest BCUT2D eigenvalue weighted by Crippen LogP contribution is -2.16. The maximum Gasteiger partial charge on any atom is 0.283 e. The molecule has 5 nitrogen and oxygen atoms in total. The predicted octanol–water partition coefficient (Wildman–Crippen LogP) is 4.64. The number of hydrogen-bond acceptors (Lipinski definition) is 5. The Morgan fingerprint density at radius 1 is 1.11 bits per heavy atom. The number of benzene rings is 2. The highest BCUT2D eigenvalue weighted by Gasteiger charge is 2.16. The summed E-state index contributed by atoms with van der Waals surface area (Å²) in [6, 6.07) is 13.5. The number of thiophene rings is 1. The molecule has 0 unspecified atom stereocenters. The van der Waals surface area contributed by atoms with Gasteiger partial charge in [0, 0.05) is 10.4 Å². The van der Waals surface area contributed by atoms with E-state index in [1.165, 1.54) is 22.3 Å². The minimum absolute atomic E-state index is 0.198. The number of nitrogens with zero attached hydrogens (tertiary/aromatic N) is 3. The number of aromatic hydroxyl groups is 1. The quantitative estimate of drug-likeness (QED) is 0.519. The summed E-state index contributed by atoms with van der Waals surface area (Å²) >= 11 is 1.51. The third-order valence-corrected chi connectivity index (χ3v) is 5.69. The number of aromatic nitrogens is 2. The van der Waals surface area contributed by atoms with Crippen LogP contribution in [0.3, 0.4) is 0 Å². The topological polar surface area (TPSA) is 67.5 Å². The summed E-state index contributed by atoms with van der Waals surface area (Å²) in [5.74, 6) is 0.277. The molecule has 28 heavy (non-hydrogen) atoms. The molecule has 2 aromatic heterocycles. The molecule has 0 fully saturated rings. The highest BCUT2D eigenvalue weighted by Crippen LogP contribution is 2.35. The summed E-state index contributed by atoms with van der Waals surface area (Å²) in [6.07, 6.45) is 3.06. The molecule has 0 bridgehead atoms. The zero-order valence-electron chi connectivity index (χ0n) is 15.8. The van der Waals surface area contributed by atoms with Crippen LogP contribution in [0.1, 0.15) is 21.6 Å². The summed E-state index contributed by atoms with van der Waals surface area (Å²) in [5.41, 5.74) is 4.06. The third kappa shape index (κ3) is 3.12. The van der Waals surface area contributed by atoms with Gasteiger partial charge in [0.25, 0.3) is 5.56 Å². The predicted molar refractivity (Wildman–Crippen MR) is 115 cm³/mol. The summed E-state index contributed by atoms with van der Waals surface area (Å²) in [7, 11) is 0. The van der Waals surface area contributed by atoms with Crippen molar-refractivity contribution in [2.45, 2.75) is 20.8 Å². The van der Waals surface area contributed by atoms with Crippen LogP contribution in [0.4, 0.5) is 0 Å². The Bertz CT molecular complexity index is 1250. The third-order valence-electron chi connectivity index (χ3n) is 4.68. The molecule has 6 heteroatoms. The fourth-order valence-corrected chi connectivity index (χ4v) is 4.32. The van der Waals surface area contributed by atoms with E-state index >= 15 is 0 Å². The molecule has 4 rings (SSSR count). The van der Waals surface area contributed by atoms with Crippen molar-refractivity contribution in [3.05, 3.63) is 80.7 Å². The molecule has 2 aromatic carbocycles. The van der Waals surface area contributed by atoms with Crippen LogP contribution in [-0.2, 0) is 0 Å². The van der Waals surface area contributed by atoms with Crippen LogP contribution < -0.4 is 5.56 Å². The zero-order valence-corrected chi connectivity index (χ0v) is 16.6. The molecule has 0 saturated carbocycles. The van der Waals surface area contributed by atoms with Crippen LogP contribution in [0.15, 0.2) is 58.7 Å². The monoisotopic (exact) mass is 389 g/mol. The van der Waals surface area contributed by atoms with Crippen molar-refractivity contribution < 1.29 is 5.11 Å². The van der Waals surface area contributed by atoms with Gasteiger partial charge in [0.1, 0.15) is 16.9 Å². The first-order chi connectivity index (χ1) is 13.5. The Morgan fingerprint density at radius 2 is 1.79 bits per heavy atom. The van der Waals surface area contributed by atoms with Crippen LogP contribution in [0.5, 0.6) is 5.75 Å². The van der Waals surface area contributed by atoms with Gasteiger partial charge in [-0.15, -0.1) is 11.3 Å². The standard InChI is InChI=1S/C22H19N3O2S/c1-13-9-16(10-14(2)20(13)26)11-24-25-12-23-21-19(22(25)27)18(15(3)28-21)17-7-5-4-6-8-17/h4-12,26H,1-3H3/b24-11+. The van der Waals surface area contributed by atoms with Crippen molar-refractivity contribution in [3.63, 3.8) is 0 Å². The Balaban J connectivity index is 1.84. The van der Waals surface area contributed by atoms with Gasteiger partial charge in [-0.1, -0.05) is 30.3 Å². The number of rotatable bonds is 3. The Kier molecular flexibility index (Phi) is 4.57. The molecule has 0 amide bonds. The van der Waals surface area contributed by atoms with Gasteiger partial charge < -0.3 is 5.11 Å². The molecular weight excluding hydrogens is 370 g/mol. The number of hydrogen-bond donors (Lipinski definition) is 1. The van der Waals surface area contributed by atoms with Crippen molar-refractivity contribution in [2.75, 3.05) is 0 Å². The minimum atomic E-state index is -0.198. The smallest absolute Gasteiger partial charge is 0.283 e. The highest BCUT2D eigenvalue weighted by molar-refractivity contribution is 7.19. The van der Waals surface area contributed by atoms with E-state index in [4.69, 9.17) is 0 Å². The Hall–Kier alpha value is -3.25. The number of aryl methyl sites for hydroxylation is 3. The van der Waals surface area contributed by atoms with E-state index in [0.717, 1.165) is 32.7 Å². The molecule has 0 radical (unpaired) electrons. The van der Waals surface area contributed by atoms with Gasteiger partial charge in [-0.3, -0.25) is 4.79 Å². The summed E-state index contributed by atoms with van der Waals surface area (Å²) in [5, 5.41) is 14.8. The lowest BCUT2D eigenvalue weighted by atomic mass is 10.0. The van der Waals surface area contributed by atoms with Gasteiger partial charge in [0.2, 0.25) is 0 Å². The van der Waals surface area contributed by atoms with Crippen LogP contribution in [0.25, 0.3) is 21.3 Å². The second kappa shape index (κ2) is 7.05. The van der Waals surface area contributed by atoms with Crippen LogP contribution in [0, 0.1) is 20.8 Å². The molecular formula is C22H19N3O2S. The lowest BCUT2D eigenvalue weighted by Gasteiger charge is -2.05. The molecule has 0 aliphatic heterocycles. The molecule has 0 atom stereocenters. The van der Waals surface area contributed by atoms with E-state index in [0.29, 0.717) is 10.2 Å². The van der Waals surface area contributed by atoms with Gasteiger partial charge in [-0.2, -0.15) is 9.78 Å². The summed E-state index contributed by atoms with van der Waals surface area (Å²) in [6.45, 7) is 5.67. The molecule has 0 saturated heterocycles. The van der Waals surface area contributed by atoms with Crippen LogP contribution in [-0.4, -0.2) is 21.0 Å².